The largest absolute Gasteiger partial charge is 0.456 e. The summed E-state index contributed by atoms with van der Waals surface area (Å²) in [4.78, 5) is 15.0. The number of ether oxygens (including phenoxy) is 1. The van der Waals surface area contributed by atoms with E-state index < -0.39 is 23.5 Å². The molecule has 26 heavy (non-hydrogen) atoms. The Balaban J connectivity index is 2.11. The van der Waals surface area contributed by atoms with Crippen LogP contribution in [-0.4, -0.2) is 10.9 Å². The summed E-state index contributed by atoms with van der Waals surface area (Å²) < 4.78 is 59.1. The topological polar surface area (TPSA) is 65.2 Å². The Hall–Kier alpha value is -3.16. The summed E-state index contributed by atoms with van der Waals surface area (Å²) in [6.45, 7) is 1.52. The van der Waals surface area contributed by atoms with Crippen LogP contribution < -0.4 is 10.5 Å². The van der Waals surface area contributed by atoms with Gasteiger partial charge in [-0.05, 0) is 31.2 Å². The predicted molar refractivity (Wildman–Crippen MR) is 86.5 cm³/mol. The number of rotatable bonds is 3. The van der Waals surface area contributed by atoms with Crippen molar-refractivity contribution in [3.8, 4) is 11.5 Å². The minimum absolute atomic E-state index is 0.0109. The van der Waals surface area contributed by atoms with E-state index in [-0.39, 0.29) is 28.0 Å². The van der Waals surface area contributed by atoms with Gasteiger partial charge in [-0.2, -0.15) is 13.2 Å². The Morgan fingerprint density at radius 1 is 1.15 bits per heavy atom. The number of aryl methyl sites for hydroxylation is 1. The van der Waals surface area contributed by atoms with Crippen LogP contribution in [-0.2, 0) is 6.18 Å². The van der Waals surface area contributed by atoms with Gasteiger partial charge in [-0.15, -0.1) is 0 Å². The number of nitrogens with two attached hydrogens (primary N) is 1. The third-order valence-corrected chi connectivity index (χ3v) is 3.67. The van der Waals surface area contributed by atoms with Gasteiger partial charge in [0.15, 0.2) is 0 Å². The number of hydrogen-bond acceptors (Lipinski definition) is 3. The highest BCUT2D eigenvalue weighted by Crippen LogP contribution is 2.38. The molecule has 1 amide bonds. The molecule has 3 rings (SSSR count). The van der Waals surface area contributed by atoms with Crippen LogP contribution >= 0.6 is 0 Å². The zero-order chi connectivity index (χ0) is 19.1. The zero-order valence-corrected chi connectivity index (χ0v) is 13.4. The second-order valence-corrected chi connectivity index (χ2v) is 5.57. The van der Waals surface area contributed by atoms with Crippen LogP contribution in [0.4, 0.5) is 17.6 Å². The molecule has 1 heterocycles. The van der Waals surface area contributed by atoms with Crippen LogP contribution in [0.3, 0.4) is 0 Å². The van der Waals surface area contributed by atoms with E-state index in [1.165, 1.54) is 31.2 Å². The highest BCUT2D eigenvalue weighted by atomic mass is 19.4. The smallest absolute Gasteiger partial charge is 0.418 e. The number of hydrogen-bond donors (Lipinski definition) is 1. The van der Waals surface area contributed by atoms with Crippen LogP contribution in [0, 0.1) is 12.7 Å². The van der Waals surface area contributed by atoms with Gasteiger partial charge in [-0.3, -0.25) is 9.78 Å². The van der Waals surface area contributed by atoms with Crippen molar-refractivity contribution in [1.29, 1.82) is 0 Å². The first-order valence-electron chi connectivity index (χ1n) is 7.41. The number of carbonyl (C=O) groups excluding carboxylic acids is 1. The van der Waals surface area contributed by atoms with Gasteiger partial charge in [-0.25, -0.2) is 4.39 Å². The number of nitrogens with zero attached hydrogens (tertiary/aromatic N) is 1. The van der Waals surface area contributed by atoms with Crippen molar-refractivity contribution in [2.45, 2.75) is 13.1 Å². The van der Waals surface area contributed by atoms with E-state index in [1.54, 1.807) is 0 Å². The number of amides is 1. The van der Waals surface area contributed by atoms with Gasteiger partial charge < -0.3 is 10.5 Å². The highest BCUT2D eigenvalue weighted by molar-refractivity contribution is 5.93. The Bertz CT molecular complexity index is 1020. The minimum atomic E-state index is -4.58. The molecule has 0 saturated carbocycles. The number of carbonyl (C=O) groups is 1. The summed E-state index contributed by atoms with van der Waals surface area (Å²) in [5, 5.41) is 0.129. The molecule has 0 fully saturated rings. The fraction of sp³-hybridized carbons (Fsp3) is 0.111. The number of fused-ring (bicyclic) bond motifs is 1. The predicted octanol–water partition coefficient (Wildman–Crippen LogP) is 4.59. The fourth-order valence-electron chi connectivity index (χ4n) is 2.54. The van der Waals surface area contributed by atoms with Gasteiger partial charge in [0.2, 0.25) is 0 Å². The number of primary amides is 1. The molecule has 8 heteroatoms. The maximum absolute atomic E-state index is 13.9. The third-order valence-electron chi connectivity index (χ3n) is 3.67. The summed E-state index contributed by atoms with van der Waals surface area (Å²) in [6.07, 6.45) is -4.58. The van der Waals surface area contributed by atoms with Crippen LogP contribution in [0.25, 0.3) is 10.9 Å². The van der Waals surface area contributed by atoms with E-state index in [1.807, 2.05) is 0 Å². The molecule has 0 radical (unpaired) electrons. The van der Waals surface area contributed by atoms with Crippen LogP contribution in [0.2, 0.25) is 0 Å². The van der Waals surface area contributed by atoms with Crippen molar-refractivity contribution in [2.24, 2.45) is 5.73 Å². The van der Waals surface area contributed by atoms with Crippen LogP contribution in [0.15, 0.2) is 42.5 Å². The van der Waals surface area contributed by atoms with E-state index >= 15 is 0 Å². The number of para-hydroxylation sites is 1. The molecule has 0 spiro atoms. The van der Waals surface area contributed by atoms with E-state index in [0.717, 1.165) is 18.2 Å². The molecule has 1 aromatic heterocycles. The van der Waals surface area contributed by atoms with E-state index in [0.29, 0.717) is 5.69 Å². The van der Waals surface area contributed by atoms with Crippen molar-refractivity contribution in [3.05, 3.63) is 65.1 Å². The average molecular weight is 364 g/mol. The number of halogens is 4. The molecule has 0 atom stereocenters. The Morgan fingerprint density at radius 3 is 2.50 bits per heavy atom. The molecular weight excluding hydrogens is 352 g/mol. The molecule has 134 valence electrons. The van der Waals surface area contributed by atoms with Crippen molar-refractivity contribution in [1.82, 2.24) is 4.98 Å². The highest BCUT2D eigenvalue weighted by Gasteiger charge is 2.33. The molecular formula is C18H12F4N2O2. The van der Waals surface area contributed by atoms with E-state index in [4.69, 9.17) is 10.5 Å². The average Bonchev–Trinajstić information content (AvgIpc) is 2.53. The fourth-order valence-corrected chi connectivity index (χ4v) is 2.54. The Labute approximate surface area is 145 Å². The quantitative estimate of drug-likeness (QED) is 0.691. The molecule has 3 aromatic rings. The molecule has 0 aliphatic carbocycles. The molecule has 4 nitrogen and oxygen atoms in total. The zero-order valence-electron chi connectivity index (χ0n) is 13.4. The summed E-state index contributed by atoms with van der Waals surface area (Å²) in [5.74, 6) is -1.73. The lowest BCUT2D eigenvalue weighted by Gasteiger charge is -2.14. The SMILES string of the molecule is Cc1cc(Oc2ccc(C(N)=O)c(F)c2)c2cccc(C(F)(F)F)c2n1. The maximum Gasteiger partial charge on any atom is 0.418 e. The number of alkyl halides is 3. The van der Waals surface area contributed by atoms with Crippen molar-refractivity contribution in [2.75, 3.05) is 0 Å². The third kappa shape index (κ3) is 3.30. The molecule has 0 unspecified atom stereocenters. The Morgan fingerprint density at radius 2 is 1.88 bits per heavy atom. The van der Waals surface area contributed by atoms with Crippen molar-refractivity contribution >= 4 is 16.8 Å². The van der Waals surface area contributed by atoms with Gasteiger partial charge in [0, 0.05) is 23.2 Å². The first-order chi connectivity index (χ1) is 12.2. The second kappa shape index (κ2) is 6.29. The summed E-state index contributed by atoms with van der Waals surface area (Å²) in [7, 11) is 0. The van der Waals surface area contributed by atoms with E-state index in [2.05, 4.69) is 4.98 Å². The van der Waals surface area contributed by atoms with Gasteiger partial charge in [0.25, 0.3) is 5.91 Å². The molecule has 0 aliphatic heterocycles. The Kier molecular flexibility index (Phi) is 4.27. The van der Waals surface area contributed by atoms with Crippen molar-refractivity contribution < 1.29 is 27.1 Å². The lowest BCUT2D eigenvalue weighted by atomic mass is 10.1. The monoisotopic (exact) mass is 364 g/mol. The maximum atomic E-state index is 13.9. The number of benzene rings is 2. The van der Waals surface area contributed by atoms with Gasteiger partial charge in [0.1, 0.15) is 17.3 Å². The first-order valence-corrected chi connectivity index (χ1v) is 7.41. The normalized spacial score (nSPS) is 11.6. The summed E-state index contributed by atoms with van der Waals surface area (Å²) in [6, 6.07) is 8.44. The molecule has 2 N–H and O–H groups in total. The standard InChI is InChI=1S/C18H12F4N2O2/c1-9-7-15(26-10-5-6-11(17(23)25)14(19)8-10)12-3-2-4-13(16(12)24-9)18(20,21)22/h2-8H,1H3,(H2,23,25). The minimum Gasteiger partial charge on any atom is -0.456 e. The van der Waals surface area contributed by atoms with Gasteiger partial charge in [-0.1, -0.05) is 6.07 Å². The molecule has 0 aliphatic rings. The summed E-state index contributed by atoms with van der Waals surface area (Å²) >= 11 is 0. The second-order valence-electron chi connectivity index (χ2n) is 5.57. The van der Waals surface area contributed by atoms with Crippen LogP contribution in [0.1, 0.15) is 21.6 Å². The van der Waals surface area contributed by atoms with Crippen molar-refractivity contribution in [3.63, 3.8) is 0 Å². The lowest BCUT2D eigenvalue weighted by molar-refractivity contribution is -0.136. The number of pyridine rings is 1. The summed E-state index contributed by atoms with van der Waals surface area (Å²) in [5.41, 5.74) is 3.88. The first kappa shape index (κ1) is 17.7. The lowest BCUT2D eigenvalue weighted by Crippen LogP contribution is -2.12. The van der Waals surface area contributed by atoms with E-state index in [9.17, 15) is 22.4 Å². The van der Waals surface area contributed by atoms with Gasteiger partial charge in [0.05, 0.1) is 16.6 Å². The van der Waals surface area contributed by atoms with Gasteiger partial charge >= 0.3 is 6.18 Å². The molecule has 2 aromatic carbocycles. The molecule has 0 saturated heterocycles. The molecule has 0 bridgehead atoms. The number of aromatic nitrogens is 1. The van der Waals surface area contributed by atoms with Crippen LogP contribution in [0.5, 0.6) is 11.5 Å².